The number of fused-ring (bicyclic) bond motifs is 1. The van der Waals surface area contributed by atoms with Crippen LogP contribution < -0.4 is 11.1 Å². The van der Waals surface area contributed by atoms with Gasteiger partial charge in [0, 0.05) is 5.69 Å². The van der Waals surface area contributed by atoms with Crippen molar-refractivity contribution in [1.82, 2.24) is 4.98 Å². The number of benzene rings is 1. The first-order valence-electron chi connectivity index (χ1n) is 5.49. The molecule has 0 bridgehead atoms. The molecule has 90 valence electrons. The van der Waals surface area contributed by atoms with E-state index in [9.17, 15) is 9.59 Å². The SMILES string of the molecule is N#CC1(C(=O)Nc2ccc3oc(=O)[nH]c3c2)CC1. The second-order valence-corrected chi connectivity index (χ2v) is 4.37. The van der Waals surface area contributed by atoms with Gasteiger partial charge in [0.25, 0.3) is 0 Å². The van der Waals surface area contributed by atoms with Crippen molar-refractivity contribution < 1.29 is 9.21 Å². The number of nitrogens with one attached hydrogen (secondary N) is 2. The molecule has 1 aromatic carbocycles. The van der Waals surface area contributed by atoms with E-state index < -0.39 is 11.2 Å². The first-order chi connectivity index (χ1) is 8.63. The van der Waals surface area contributed by atoms with Gasteiger partial charge >= 0.3 is 5.76 Å². The van der Waals surface area contributed by atoms with Gasteiger partial charge in [-0.1, -0.05) is 0 Å². The molecule has 6 heteroatoms. The number of hydrogen-bond acceptors (Lipinski definition) is 4. The lowest BCUT2D eigenvalue weighted by Gasteiger charge is -2.07. The van der Waals surface area contributed by atoms with Crippen molar-refractivity contribution in [2.24, 2.45) is 5.41 Å². The summed E-state index contributed by atoms with van der Waals surface area (Å²) >= 11 is 0. The predicted octanol–water partition coefficient (Wildman–Crippen LogP) is 1.36. The van der Waals surface area contributed by atoms with Crippen molar-refractivity contribution in [2.75, 3.05) is 5.32 Å². The van der Waals surface area contributed by atoms with Gasteiger partial charge in [0.1, 0.15) is 5.41 Å². The summed E-state index contributed by atoms with van der Waals surface area (Å²) < 4.78 is 4.85. The zero-order chi connectivity index (χ0) is 12.8. The molecule has 1 aromatic heterocycles. The predicted molar refractivity (Wildman–Crippen MR) is 62.7 cm³/mol. The van der Waals surface area contributed by atoms with Gasteiger partial charge in [-0.2, -0.15) is 5.26 Å². The van der Waals surface area contributed by atoms with Crippen LogP contribution >= 0.6 is 0 Å². The molecule has 0 aliphatic heterocycles. The van der Waals surface area contributed by atoms with Crippen molar-refractivity contribution in [2.45, 2.75) is 12.8 Å². The summed E-state index contributed by atoms with van der Waals surface area (Å²) in [5.74, 6) is -0.834. The van der Waals surface area contributed by atoms with E-state index in [-0.39, 0.29) is 5.91 Å². The molecule has 1 aliphatic carbocycles. The number of hydrogen-bond donors (Lipinski definition) is 2. The number of aromatic amines is 1. The summed E-state index contributed by atoms with van der Waals surface area (Å²) in [5.41, 5.74) is 0.615. The van der Waals surface area contributed by atoms with Crippen molar-refractivity contribution in [1.29, 1.82) is 5.26 Å². The largest absolute Gasteiger partial charge is 0.417 e. The minimum Gasteiger partial charge on any atom is -0.408 e. The van der Waals surface area contributed by atoms with E-state index in [1.165, 1.54) is 0 Å². The number of H-pyrrole nitrogens is 1. The molecule has 18 heavy (non-hydrogen) atoms. The standard InChI is InChI=1S/C12H9N3O3/c13-6-12(3-4-12)10(16)14-7-1-2-9-8(5-7)15-11(17)18-9/h1-2,5H,3-4H2,(H,14,16)(H,15,17). The van der Waals surface area contributed by atoms with E-state index in [4.69, 9.17) is 9.68 Å². The molecular formula is C12H9N3O3. The molecule has 1 amide bonds. The molecule has 2 aromatic rings. The molecule has 1 aliphatic rings. The summed E-state index contributed by atoms with van der Waals surface area (Å²) in [7, 11) is 0. The third-order valence-electron chi connectivity index (χ3n) is 3.08. The second kappa shape index (κ2) is 3.47. The van der Waals surface area contributed by atoms with Crippen LogP contribution in [-0.2, 0) is 4.79 Å². The molecule has 0 atom stereocenters. The Kier molecular flexibility index (Phi) is 2.04. The average Bonchev–Trinajstić information content (AvgIpc) is 3.06. The highest BCUT2D eigenvalue weighted by Crippen LogP contribution is 2.45. The number of nitrogens with zero attached hydrogens (tertiary/aromatic N) is 1. The van der Waals surface area contributed by atoms with E-state index in [1.54, 1.807) is 18.2 Å². The molecule has 0 unspecified atom stereocenters. The third kappa shape index (κ3) is 1.57. The van der Waals surface area contributed by atoms with Crippen molar-refractivity contribution in [3.05, 3.63) is 28.7 Å². The van der Waals surface area contributed by atoms with Crippen LogP contribution in [0.25, 0.3) is 11.1 Å². The Hall–Kier alpha value is -2.55. The Morgan fingerprint density at radius 2 is 2.28 bits per heavy atom. The zero-order valence-electron chi connectivity index (χ0n) is 9.32. The summed E-state index contributed by atoms with van der Waals surface area (Å²) in [6.45, 7) is 0. The molecule has 0 spiro atoms. The zero-order valence-corrected chi connectivity index (χ0v) is 9.32. The van der Waals surface area contributed by atoms with Gasteiger partial charge in [-0.3, -0.25) is 9.78 Å². The fourth-order valence-electron chi connectivity index (χ4n) is 1.80. The average molecular weight is 243 g/mol. The molecule has 3 rings (SSSR count). The highest BCUT2D eigenvalue weighted by Gasteiger charge is 2.50. The van der Waals surface area contributed by atoms with Crippen LogP contribution in [0.4, 0.5) is 5.69 Å². The molecule has 6 nitrogen and oxygen atoms in total. The minimum absolute atomic E-state index is 0.296. The number of carbonyl (C=O) groups is 1. The topological polar surface area (TPSA) is 98.9 Å². The van der Waals surface area contributed by atoms with E-state index in [0.717, 1.165) is 0 Å². The lowest BCUT2D eigenvalue weighted by atomic mass is 10.1. The van der Waals surface area contributed by atoms with Gasteiger partial charge in [-0.05, 0) is 31.0 Å². The first kappa shape index (κ1) is 10.6. The van der Waals surface area contributed by atoms with E-state index in [0.29, 0.717) is 29.6 Å². The Balaban J connectivity index is 1.89. The Morgan fingerprint density at radius 1 is 1.50 bits per heavy atom. The van der Waals surface area contributed by atoms with Gasteiger partial charge in [0.05, 0.1) is 11.6 Å². The van der Waals surface area contributed by atoms with Crippen LogP contribution in [-0.4, -0.2) is 10.9 Å². The first-order valence-corrected chi connectivity index (χ1v) is 5.49. The Morgan fingerprint density at radius 3 is 2.94 bits per heavy atom. The summed E-state index contributed by atoms with van der Waals surface area (Å²) in [6, 6.07) is 6.85. The fraction of sp³-hybridized carbons (Fsp3) is 0.250. The maximum Gasteiger partial charge on any atom is 0.417 e. The van der Waals surface area contributed by atoms with Crippen molar-refractivity contribution in [3.8, 4) is 6.07 Å². The second-order valence-electron chi connectivity index (χ2n) is 4.37. The number of carbonyl (C=O) groups excluding carboxylic acids is 1. The third-order valence-corrected chi connectivity index (χ3v) is 3.08. The number of rotatable bonds is 2. The number of anilines is 1. The summed E-state index contributed by atoms with van der Waals surface area (Å²) in [5, 5.41) is 11.6. The highest BCUT2D eigenvalue weighted by molar-refractivity contribution is 6.00. The highest BCUT2D eigenvalue weighted by atomic mass is 16.4. The van der Waals surface area contributed by atoms with Crippen LogP contribution in [0, 0.1) is 16.7 Å². The van der Waals surface area contributed by atoms with E-state index in [1.807, 2.05) is 6.07 Å². The Labute approximate surface area is 101 Å². The molecule has 2 N–H and O–H groups in total. The van der Waals surface area contributed by atoms with Gasteiger partial charge in [-0.15, -0.1) is 0 Å². The fourth-order valence-corrected chi connectivity index (χ4v) is 1.80. The molecule has 1 heterocycles. The normalized spacial score (nSPS) is 16.2. The van der Waals surface area contributed by atoms with Crippen LogP contribution in [0.3, 0.4) is 0 Å². The van der Waals surface area contributed by atoms with Crippen LogP contribution in [0.2, 0.25) is 0 Å². The molecule has 0 saturated heterocycles. The van der Waals surface area contributed by atoms with Gasteiger partial charge < -0.3 is 9.73 Å². The Bertz CT molecular complexity index is 731. The maximum atomic E-state index is 11.8. The van der Waals surface area contributed by atoms with E-state index >= 15 is 0 Å². The smallest absolute Gasteiger partial charge is 0.408 e. The number of nitriles is 1. The van der Waals surface area contributed by atoms with Crippen LogP contribution in [0.15, 0.2) is 27.4 Å². The van der Waals surface area contributed by atoms with Crippen LogP contribution in [0.1, 0.15) is 12.8 Å². The molecular weight excluding hydrogens is 234 g/mol. The van der Waals surface area contributed by atoms with Gasteiger partial charge in [0.15, 0.2) is 5.58 Å². The van der Waals surface area contributed by atoms with E-state index in [2.05, 4.69) is 10.3 Å². The minimum atomic E-state index is -0.862. The number of oxazole rings is 1. The summed E-state index contributed by atoms with van der Waals surface area (Å²) in [4.78, 5) is 25.3. The monoisotopic (exact) mass is 243 g/mol. The quantitative estimate of drug-likeness (QED) is 0.831. The lowest BCUT2D eigenvalue weighted by molar-refractivity contribution is -0.119. The van der Waals surface area contributed by atoms with Gasteiger partial charge in [-0.25, -0.2) is 4.79 Å². The number of amides is 1. The molecule has 1 fully saturated rings. The maximum absolute atomic E-state index is 11.8. The molecule has 1 saturated carbocycles. The molecule has 0 radical (unpaired) electrons. The van der Waals surface area contributed by atoms with Gasteiger partial charge in [0.2, 0.25) is 5.91 Å². The van der Waals surface area contributed by atoms with Crippen molar-refractivity contribution in [3.63, 3.8) is 0 Å². The number of aromatic nitrogens is 1. The van der Waals surface area contributed by atoms with Crippen LogP contribution in [0.5, 0.6) is 0 Å². The van der Waals surface area contributed by atoms with Crippen molar-refractivity contribution >= 4 is 22.7 Å². The lowest BCUT2D eigenvalue weighted by Crippen LogP contribution is -2.22. The summed E-state index contributed by atoms with van der Waals surface area (Å²) in [6.07, 6.45) is 1.19.